The van der Waals surface area contributed by atoms with Crippen molar-refractivity contribution in [2.45, 2.75) is 37.5 Å². The highest BCUT2D eigenvalue weighted by Gasteiger charge is 2.33. The van der Waals surface area contributed by atoms with E-state index in [1.165, 1.54) is 13.8 Å². The smallest absolute Gasteiger partial charge is 0.256 e. The monoisotopic (exact) mass is 428 g/mol. The molecule has 9 nitrogen and oxygen atoms in total. The molecule has 0 aromatic carbocycles. The van der Waals surface area contributed by atoms with Crippen LogP contribution in [0.2, 0.25) is 0 Å². The molecule has 28 heavy (non-hydrogen) atoms. The third-order valence-electron chi connectivity index (χ3n) is 3.93. The van der Waals surface area contributed by atoms with Gasteiger partial charge in [0.05, 0.1) is 22.7 Å². The number of hydrogen-bond donors (Lipinski definition) is 3. The van der Waals surface area contributed by atoms with Crippen molar-refractivity contribution in [1.82, 2.24) is 5.01 Å². The number of rotatable bonds is 6. The van der Waals surface area contributed by atoms with Crippen LogP contribution in [0.25, 0.3) is 0 Å². The lowest BCUT2D eigenvalue weighted by atomic mass is 10.1. The molecule has 0 unspecified atom stereocenters. The second kappa shape index (κ2) is 7.64. The van der Waals surface area contributed by atoms with E-state index in [0.29, 0.717) is 23.6 Å². The van der Waals surface area contributed by atoms with E-state index in [1.807, 2.05) is 13.8 Å². The molecule has 2 amide bonds. The molecule has 4 N–H and O–H groups in total. The van der Waals surface area contributed by atoms with Crippen LogP contribution in [0.1, 0.15) is 38.1 Å². The zero-order valence-electron chi connectivity index (χ0n) is 16.3. The van der Waals surface area contributed by atoms with E-state index >= 15 is 0 Å². The summed E-state index contributed by atoms with van der Waals surface area (Å²) in [5.41, 5.74) is 3.89. The highest BCUT2D eigenvalue weighted by atomic mass is 32.2. The normalized spacial score (nSPS) is 15.3. The predicted molar refractivity (Wildman–Crippen MR) is 108 cm³/mol. The molecule has 1 aliphatic heterocycles. The van der Waals surface area contributed by atoms with Gasteiger partial charge in [-0.05, 0) is 31.9 Å². The number of nitrogens with zero attached hydrogens (tertiary/aromatic N) is 2. The van der Waals surface area contributed by atoms with Gasteiger partial charge in [-0.2, -0.15) is 5.10 Å². The Morgan fingerprint density at radius 2 is 2.00 bits per heavy atom. The Hall–Kier alpha value is -2.24. The SMILES string of the molecule is CC(C)C1=NN(C)CC=C1S(=O)(=O)c1cc(C(N)=O)c(NC(=O)C(C)(C)O)s1. The summed E-state index contributed by atoms with van der Waals surface area (Å²) < 4.78 is 26.3. The second-order valence-corrected chi connectivity index (χ2v) is 10.4. The van der Waals surface area contributed by atoms with Gasteiger partial charge in [-0.3, -0.25) is 14.6 Å². The number of nitrogens with one attached hydrogen (secondary N) is 1. The standard InChI is InChI=1S/C17H24N4O5S2/c1-9(2)13-11(6-7-21(5)20-13)28(25,26)12-8-10(14(18)22)15(27-12)19-16(23)17(3,4)24/h6,8-9,24H,7H2,1-5H3,(H2,18,22)(H,19,23). The first-order chi connectivity index (χ1) is 12.7. The molecule has 11 heteroatoms. The molecule has 0 fully saturated rings. The molecule has 1 aromatic heterocycles. The fourth-order valence-corrected chi connectivity index (χ4v) is 5.47. The minimum atomic E-state index is -3.99. The lowest BCUT2D eigenvalue weighted by Gasteiger charge is -2.23. The fraction of sp³-hybridized carbons (Fsp3) is 0.471. The van der Waals surface area contributed by atoms with E-state index < -0.39 is 27.3 Å². The first kappa shape index (κ1) is 22.1. The maximum absolute atomic E-state index is 13.2. The van der Waals surface area contributed by atoms with Crippen LogP contribution in [0, 0.1) is 5.92 Å². The fourth-order valence-electron chi connectivity index (χ4n) is 2.38. The van der Waals surface area contributed by atoms with Crippen LogP contribution in [0.4, 0.5) is 5.00 Å². The number of thiophene rings is 1. The molecule has 0 spiro atoms. The predicted octanol–water partition coefficient (Wildman–Crippen LogP) is 1.17. The number of amides is 2. The largest absolute Gasteiger partial charge is 0.381 e. The van der Waals surface area contributed by atoms with Crippen LogP contribution < -0.4 is 11.1 Å². The summed E-state index contributed by atoms with van der Waals surface area (Å²) >= 11 is 0.706. The van der Waals surface area contributed by atoms with Crippen LogP contribution in [0.15, 0.2) is 26.4 Å². The van der Waals surface area contributed by atoms with Crippen molar-refractivity contribution < 1.29 is 23.1 Å². The minimum Gasteiger partial charge on any atom is -0.381 e. The maximum atomic E-state index is 13.2. The zero-order chi connectivity index (χ0) is 21.4. The molecule has 0 saturated heterocycles. The lowest BCUT2D eigenvalue weighted by molar-refractivity contribution is -0.130. The molecule has 154 valence electrons. The van der Waals surface area contributed by atoms with Gasteiger partial charge in [0.2, 0.25) is 9.84 Å². The van der Waals surface area contributed by atoms with Gasteiger partial charge < -0.3 is 16.2 Å². The van der Waals surface area contributed by atoms with E-state index in [2.05, 4.69) is 10.4 Å². The highest BCUT2D eigenvalue weighted by Crippen LogP contribution is 2.36. The molecule has 1 aliphatic rings. The molecule has 0 atom stereocenters. The van der Waals surface area contributed by atoms with Crippen molar-refractivity contribution in [3.63, 3.8) is 0 Å². The summed E-state index contributed by atoms with van der Waals surface area (Å²) in [4.78, 5) is 23.9. The summed E-state index contributed by atoms with van der Waals surface area (Å²) in [5.74, 6) is -1.82. The van der Waals surface area contributed by atoms with Gasteiger partial charge in [0.25, 0.3) is 11.8 Å². The summed E-state index contributed by atoms with van der Waals surface area (Å²) in [6.07, 6.45) is 1.57. The average Bonchev–Trinajstić information content (AvgIpc) is 2.98. The van der Waals surface area contributed by atoms with Crippen LogP contribution in [0.3, 0.4) is 0 Å². The van der Waals surface area contributed by atoms with Gasteiger partial charge in [0.1, 0.15) is 14.8 Å². The third-order valence-corrected chi connectivity index (χ3v) is 7.29. The quantitative estimate of drug-likeness (QED) is 0.621. The Morgan fingerprint density at radius 1 is 1.39 bits per heavy atom. The number of sulfone groups is 1. The molecule has 0 radical (unpaired) electrons. The van der Waals surface area contributed by atoms with Crippen molar-refractivity contribution in [3.8, 4) is 0 Å². The average molecular weight is 429 g/mol. The van der Waals surface area contributed by atoms with Gasteiger partial charge in [0, 0.05) is 7.05 Å². The Bertz CT molecular complexity index is 968. The highest BCUT2D eigenvalue weighted by molar-refractivity contribution is 7.98. The van der Waals surface area contributed by atoms with Crippen molar-refractivity contribution in [2.24, 2.45) is 16.8 Å². The van der Waals surface area contributed by atoms with Crippen molar-refractivity contribution in [1.29, 1.82) is 0 Å². The first-order valence-electron chi connectivity index (χ1n) is 8.48. The van der Waals surface area contributed by atoms with Crippen LogP contribution >= 0.6 is 11.3 Å². The van der Waals surface area contributed by atoms with E-state index in [9.17, 15) is 23.1 Å². The Morgan fingerprint density at radius 3 is 2.50 bits per heavy atom. The number of nitrogens with two attached hydrogens (primary N) is 1. The zero-order valence-corrected chi connectivity index (χ0v) is 17.9. The number of likely N-dealkylation sites (N-methyl/N-ethyl adjacent to an activating group) is 1. The lowest BCUT2D eigenvalue weighted by Crippen LogP contribution is -2.36. The maximum Gasteiger partial charge on any atom is 0.256 e. The van der Waals surface area contributed by atoms with E-state index in [4.69, 9.17) is 5.73 Å². The number of hydrazone groups is 1. The molecule has 2 rings (SSSR count). The Balaban J connectivity index is 2.53. The molecule has 0 bridgehead atoms. The molecule has 0 saturated carbocycles. The van der Waals surface area contributed by atoms with Crippen LogP contribution in [-0.4, -0.2) is 55.3 Å². The van der Waals surface area contributed by atoms with Gasteiger partial charge >= 0.3 is 0 Å². The van der Waals surface area contributed by atoms with Crippen molar-refractivity contribution >= 4 is 43.7 Å². The van der Waals surface area contributed by atoms with Gasteiger partial charge in [-0.25, -0.2) is 8.42 Å². The number of carbonyl (C=O) groups excluding carboxylic acids is 2. The topological polar surface area (TPSA) is 142 Å². The van der Waals surface area contributed by atoms with Crippen LogP contribution in [0.5, 0.6) is 0 Å². The van der Waals surface area contributed by atoms with Gasteiger partial charge in [0.15, 0.2) is 0 Å². The van der Waals surface area contributed by atoms with E-state index in [1.54, 1.807) is 18.1 Å². The molecular weight excluding hydrogens is 404 g/mol. The minimum absolute atomic E-state index is 0.0326. The third kappa shape index (κ3) is 4.42. The number of primary amides is 1. The first-order valence-corrected chi connectivity index (χ1v) is 10.8. The molecule has 0 aliphatic carbocycles. The number of carbonyl (C=O) groups is 2. The second-order valence-electron chi connectivity index (χ2n) is 7.24. The Kier molecular flexibility index (Phi) is 6.02. The molecule has 2 heterocycles. The molecular formula is C17H24N4O5S2. The number of aliphatic hydroxyl groups is 1. The summed E-state index contributed by atoms with van der Waals surface area (Å²) in [5, 5.41) is 18.1. The van der Waals surface area contributed by atoms with Gasteiger partial charge in [-0.15, -0.1) is 11.3 Å². The van der Waals surface area contributed by atoms with Gasteiger partial charge in [-0.1, -0.05) is 13.8 Å². The summed E-state index contributed by atoms with van der Waals surface area (Å²) in [6.45, 7) is 6.53. The van der Waals surface area contributed by atoms with E-state index in [-0.39, 0.29) is 25.6 Å². The number of allylic oxidation sites excluding steroid dienone is 1. The number of anilines is 1. The summed E-state index contributed by atoms with van der Waals surface area (Å²) in [6, 6.07) is 1.14. The van der Waals surface area contributed by atoms with Crippen LogP contribution in [-0.2, 0) is 14.6 Å². The van der Waals surface area contributed by atoms with E-state index in [0.717, 1.165) is 6.07 Å². The van der Waals surface area contributed by atoms with Crippen molar-refractivity contribution in [3.05, 3.63) is 22.6 Å². The summed E-state index contributed by atoms with van der Waals surface area (Å²) in [7, 11) is -2.25. The number of hydrogen-bond acceptors (Lipinski definition) is 8. The van der Waals surface area contributed by atoms with Crippen molar-refractivity contribution in [2.75, 3.05) is 18.9 Å². The Labute approximate surface area is 167 Å². The molecule has 1 aromatic rings.